The number of hydrogen-bond donors (Lipinski definition) is 0. The lowest BCUT2D eigenvalue weighted by molar-refractivity contribution is 0.182. The van der Waals surface area contributed by atoms with E-state index in [2.05, 4.69) is 21.7 Å². The number of methoxy groups -OCH3 is 1. The lowest BCUT2D eigenvalue weighted by atomic mass is 10.3. The fraction of sp³-hybridized carbons (Fsp3) is 0.375. The summed E-state index contributed by atoms with van der Waals surface area (Å²) >= 11 is 1.69. The minimum atomic E-state index is -3.42. The van der Waals surface area contributed by atoms with Crippen LogP contribution in [0.4, 0.5) is 0 Å². The monoisotopic (exact) mass is 352 g/mol. The average molecular weight is 352 g/mol. The van der Waals surface area contributed by atoms with E-state index in [0.29, 0.717) is 23.7 Å². The Bertz CT molecular complexity index is 719. The van der Waals surface area contributed by atoms with Gasteiger partial charge in [-0.1, -0.05) is 0 Å². The van der Waals surface area contributed by atoms with Crippen molar-refractivity contribution in [3.63, 3.8) is 0 Å². The number of piperazine rings is 1. The van der Waals surface area contributed by atoms with E-state index in [0.717, 1.165) is 19.6 Å². The number of sulfonamides is 1. The SMILES string of the molecule is COc1ccc(S(=O)(=O)N2CCN(Cc3ccsc3)CC2)cc1. The standard InChI is InChI=1S/C16H20N2O3S2/c1-21-15-2-4-16(5-3-15)23(19,20)18-9-7-17(8-10-18)12-14-6-11-22-13-14/h2-6,11,13H,7-10,12H2,1H3. The first kappa shape index (κ1) is 16.4. The predicted molar refractivity (Wildman–Crippen MR) is 91.3 cm³/mol. The van der Waals surface area contributed by atoms with Gasteiger partial charge < -0.3 is 4.74 Å². The molecule has 1 aliphatic rings. The quantitative estimate of drug-likeness (QED) is 0.828. The van der Waals surface area contributed by atoms with E-state index >= 15 is 0 Å². The Hall–Kier alpha value is -1.41. The van der Waals surface area contributed by atoms with Crippen molar-refractivity contribution in [3.05, 3.63) is 46.7 Å². The molecule has 0 atom stereocenters. The minimum Gasteiger partial charge on any atom is -0.497 e. The number of rotatable bonds is 5. The molecule has 1 aromatic heterocycles. The highest BCUT2D eigenvalue weighted by atomic mass is 32.2. The topological polar surface area (TPSA) is 49.9 Å². The van der Waals surface area contributed by atoms with Crippen LogP contribution in [0.1, 0.15) is 5.56 Å². The minimum absolute atomic E-state index is 0.324. The Kier molecular flexibility index (Phi) is 5.01. The molecule has 5 nitrogen and oxygen atoms in total. The van der Waals surface area contributed by atoms with Gasteiger partial charge in [0.2, 0.25) is 10.0 Å². The molecular weight excluding hydrogens is 332 g/mol. The van der Waals surface area contributed by atoms with Crippen molar-refractivity contribution in [1.29, 1.82) is 0 Å². The third-order valence-electron chi connectivity index (χ3n) is 4.01. The molecule has 0 spiro atoms. The molecule has 1 aliphatic heterocycles. The number of ether oxygens (including phenoxy) is 1. The molecule has 2 heterocycles. The summed E-state index contributed by atoms with van der Waals surface area (Å²) in [4.78, 5) is 2.62. The summed E-state index contributed by atoms with van der Waals surface area (Å²) in [5.41, 5.74) is 1.29. The Labute approximate surface area is 141 Å². The van der Waals surface area contributed by atoms with Gasteiger partial charge in [-0.15, -0.1) is 0 Å². The maximum Gasteiger partial charge on any atom is 0.243 e. The van der Waals surface area contributed by atoms with E-state index in [1.165, 1.54) is 5.56 Å². The summed E-state index contributed by atoms with van der Waals surface area (Å²) in [6.07, 6.45) is 0. The van der Waals surface area contributed by atoms with E-state index in [-0.39, 0.29) is 0 Å². The van der Waals surface area contributed by atoms with E-state index in [1.807, 2.05) is 0 Å². The predicted octanol–water partition coefficient (Wildman–Crippen LogP) is 2.26. The molecule has 0 bridgehead atoms. The second kappa shape index (κ2) is 7.00. The molecule has 0 saturated carbocycles. The van der Waals surface area contributed by atoms with Gasteiger partial charge in [-0.05, 0) is 46.7 Å². The first-order valence-electron chi connectivity index (χ1n) is 7.47. The van der Waals surface area contributed by atoms with Crippen LogP contribution < -0.4 is 4.74 Å². The zero-order valence-electron chi connectivity index (χ0n) is 13.0. The van der Waals surface area contributed by atoms with Crippen LogP contribution in [0.2, 0.25) is 0 Å². The normalized spacial score (nSPS) is 17.3. The maximum absolute atomic E-state index is 12.7. The molecule has 124 valence electrons. The molecule has 0 N–H and O–H groups in total. The summed E-state index contributed by atoms with van der Waals surface area (Å²) in [6, 6.07) is 8.68. The van der Waals surface area contributed by atoms with E-state index in [4.69, 9.17) is 4.74 Å². The highest BCUT2D eigenvalue weighted by molar-refractivity contribution is 7.89. The van der Waals surface area contributed by atoms with Crippen molar-refractivity contribution >= 4 is 21.4 Å². The largest absolute Gasteiger partial charge is 0.497 e. The Morgan fingerprint density at radius 1 is 1.09 bits per heavy atom. The van der Waals surface area contributed by atoms with Crippen LogP contribution in [0, 0.1) is 0 Å². The van der Waals surface area contributed by atoms with Crippen LogP contribution in [-0.4, -0.2) is 50.9 Å². The van der Waals surface area contributed by atoms with Gasteiger partial charge in [0, 0.05) is 32.7 Å². The van der Waals surface area contributed by atoms with Gasteiger partial charge >= 0.3 is 0 Å². The fourth-order valence-electron chi connectivity index (χ4n) is 2.67. The van der Waals surface area contributed by atoms with Crippen LogP contribution >= 0.6 is 11.3 Å². The van der Waals surface area contributed by atoms with E-state index < -0.39 is 10.0 Å². The summed E-state index contributed by atoms with van der Waals surface area (Å²) in [6.45, 7) is 3.45. The number of benzene rings is 1. The molecule has 7 heteroatoms. The van der Waals surface area contributed by atoms with Gasteiger partial charge in [0.05, 0.1) is 12.0 Å². The molecule has 2 aromatic rings. The van der Waals surface area contributed by atoms with Crippen molar-refractivity contribution < 1.29 is 13.2 Å². The smallest absolute Gasteiger partial charge is 0.243 e. The molecule has 23 heavy (non-hydrogen) atoms. The Morgan fingerprint density at radius 3 is 2.35 bits per heavy atom. The third kappa shape index (κ3) is 3.74. The lowest BCUT2D eigenvalue weighted by Gasteiger charge is -2.33. The first-order chi connectivity index (χ1) is 11.1. The third-order valence-corrected chi connectivity index (χ3v) is 6.66. The van der Waals surface area contributed by atoms with Gasteiger partial charge in [0.1, 0.15) is 5.75 Å². The van der Waals surface area contributed by atoms with Gasteiger partial charge in [-0.2, -0.15) is 15.6 Å². The van der Waals surface area contributed by atoms with Gasteiger partial charge in [-0.3, -0.25) is 4.90 Å². The van der Waals surface area contributed by atoms with E-state index in [9.17, 15) is 8.42 Å². The van der Waals surface area contributed by atoms with Crippen LogP contribution in [0.3, 0.4) is 0 Å². The molecule has 1 saturated heterocycles. The van der Waals surface area contributed by atoms with Crippen LogP contribution in [0.15, 0.2) is 46.0 Å². The molecule has 1 fully saturated rings. The highest BCUT2D eigenvalue weighted by Crippen LogP contribution is 2.21. The van der Waals surface area contributed by atoms with Crippen LogP contribution in [0.5, 0.6) is 5.75 Å². The van der Waals surface area contributed by atoms with Crippen LogP contribution in [0.25, 0.3) is 0 Å². The van der Waals surface area contributed by atoms with Gasteiger partial charge in [-0.25, -0.2) is 8.42 Å². The van der Waals surface area contributed by atoms with Crippen molar-refractivity contribution in [3.8, 4) is 5.75 Å². The number of thiophene rings is 1. The summed E-state index contributed by atoms with van der Waals surface area (Å²) in [5, 5.41) is 4.21. The molecule has 0 radical (unpaired) electrons. The fourth-order valence-corrected chi connectivity index (χ4v) is 4.75. The maximum atomic E-state index is 12.7. The molecule has 3 rings (SSSR count). The highest BCUT2D eigenvalue weighted by Gasteiger charge is 2.28. The summed E-state index contributed by atoms with van der Waals surface area (Å²) in [5.74, 6) is 0.657. The Balaban J connectivity index is 1.63. The second-order valence-electron chi connectivity index (χ2n) is 5.49. The summed E-state index contributed by atoms with van der Waals surface area (Å²) in [7, 11) is -1.85. The van der Waals surface area contributed by atoms with Crippen molar-refractivity contribution in [1.82, 2.24) is 9.21 Å². The van der Waals surface area contributed by atoms with Gasteiger partial charge in [0.15, 0.2) is 0 Å². The zero-order chi connectivity index (χ0) is 16.3. The number of nitrogens with zero attached hydrogens (tertiary/aromatic N) is 2. The summed E-state index contributed by atoms with van der Waals surface area (Å²) < 4.78 is 32.0. The van der Waals surface area contributed by atoms with E-state index in [1.54, 1.807) is 47.0 Å². The molecular formula is C16H20N2O3S2. The zero-order valence-corrected chi connectivity index (χ0v) is 14.6. The van der Waals surface area contributed by atoms with Crippen molar-refractivity contribution in [2.24, 2.45) is 0 Å². The second-order valence-corrected chi connectivity index (χ2v) is 8.21. The number of hydrogen-bond acceptors (Lipinski definition) is 5. The molecule has 0 aliphatic carbocycles. The molecule has 0 amide bonds. The molecule has 1 aromatic carbocycles. The lowest BCUT2D eigenvalue weighted by Crippen LogP contribution is -2.48. The molecule has 0 unspecified atom stereocenters. The first-order valence-corrected chi connectivity index (χ1v) is 9.85. The Morgan fingerprint density at radius 2 is 1.78 bits per heavy atom. The average Bonchev–Trinajstić information content (AvgIpc) is 3.08. The van der Waals surface area contributed by atoms with Gasteiger partial charge in [0.25, 0.3) is 0 Å². The van der Waals surface area contributed by atoms with Crippen LogP contribution in [-0.2, 0) is 16.6 Å². The van der Waals surface area contributed by atoms with Crippen molar-refractivity contribution in [2.75, 3.05) is 33.3 Å². The van der Waals surface area contributed by atoms with Crippen molar-refractivity contribution in [2.45, 2.75) is 11.4 Å².